The number of nitrogens with zero attached hydrogens (tertiary/aromatic N) is 3. The van der Waals surface area contributed by atoms with Crippen LogP contribution < -0.4 is 10.1 Å². The van der Waals surface area contributed by atoms with Gasteiger partial charge in [0.2, 0.25) is 0 Å². The summed E-state index contributed by atoms with van der Waals surface area (Å²) in [5.74, 6) is 0. The van der Waals surface area contributed by atoms with Crippen LogP contribution in [-0.2, 0) is 7.05 Å². The lowest BCUT2D eigenvalue weighted by atomic mass is 10.2. The Bertz CT molecular complexity index is 298. The fourth-order valence-electron chi connectivity index (χ4n) is 1.41. The molecule has 0 bridgehead atoms. The van der Waals surface area contributed by atoms with Crippen molar-refractivity contribution in [3.05, 3.63) is 6.33 Å². The zero-order valence-corrected chi connectivity index (χ0v) is 10.6. The summed E-state index contributed by atoms with van der Waals surface area (Å²) in [7, 11) is 1.83. The van der Waals surface area contributed by atoms with E-state index in [1.54, 1.807) is 11.0 Å². The number of nitrogens with one attached hydrogen (secondary N) is 1. The van der Waals surface area contributed by atoms with Crippen molar-refractivity contribution in [2.75, 3.05) is 6.54 Å². The van der Waals surface area contributed by atoms with Crippen LogP contribution in [0.25, 0.3) is 0 Å². The number of hydrogen-bond donors (Lipinski definition) is 1. The van der Waals surface area contributed by atoms with E-state index >= 15 is 0 Å². The third kappa shape index (κ3) is 4.61. The summed E-state index contributed by atoms with van der Waals surface area (Å²) in [6.07, 6.45) is 3.90. The van der Waals surface area contributed by atoms with Gasteiger partial charge in [0, 0.05) is 19.6 Å². The maximum Gasteiger partial charge on any atom is 0.335 e. The molecule has 0 amide bonds. The summed E-state index contributed by atoms with van der Waals surface area (Å²) < 4.78 is 7.37. The molecule has 0 aliphatic rings. The van der Waals surface area contributed by atoms with Crippen molar-refractivity contribution >= 4 is 0 Å². The molecule has 1 aromatic heterocycles. The Hall–Kier alpha value is -1.10. The van der Waals surface area contributed by atoms with E-state index in [0.717, 1.165) is 19.4 Å². The van der Waals surface area contributed by atoms with Crippen LogP contribution in [0.5, 0.6) is 6.01 Å². The van der Waals surface area contributed by atoms with Crippen molar-refractivity contribution in [1.82, 2.24) is 20.1 Å². The normalized spacial score (nSPS) is 13.1. The maximum absolute atomic E-state index is 5.72. The summed E-state index contributed by atoms with van der Waals surface area (Å²) in [4.78, 5) is 4.07. The number of hydrogen-bond acceptors (Lipinski definition) is 4. The molecule has 1 heterocycles. The first-order chi connectivity index (χ1) is 7.61. The summed E-state index contributed by atoms with van der Waals surface area (Å²) in [6, 6.07) is 0.936. The van der Waals surface area contributed by atoms with E-state index in [9.17, 15) is 0 Å². The molecule has 0 radical (unpaired) electrons. The summed E-state index contributed by atoms with van der Waals surface area (Å²) in [5.41, 5.74) is 0. The van der Waals surface area contributed by atoms with Gasteiger partial charge in [0.15, 0.2) is 0 Å². The van der Waals surface area contributed by atoms with Crippen molar-refractivity contribution in [2.45, 2.75) is 45.8 Å². The highest BCUT2D eigenvalue weighted by atomic mass is 16.5. The van der Waals surface area contributed by atoms with Crippen molar-refractivity contribution < 1.29 is 4.74 Å². The van der Waals surface area contributed by atoms with Crippen LogP contribution in [0.3, 0.4) is 0 Å². The topological polar surface area (TPSA) is 52.0 Å². The minimum atomic E-state index is 0.148. The van der Waals surface area contributed by atoms with Crippen molar-refractivity contribution in [2.24, 2.45) is 7.05 Å². The fraction of sp³-hybridized carbons (Fsp3) is 0.818. The monoisotopic (exact) mass is 226 g/mol. The Balaban J connectivity index is 2.43. The third-order valence-electron chi connectivity index (χ3n) is 2.22. The molecule has 0 aliphatic carbocycles. The summed E-state index contributed by atoms with van der Waals surface area (Å²) >= 11 is 0. The van der Waals surface area contributed by atoms with Gasteiger partial charge < -0.3 is 10.1 Å². The van der Waals surface area contributed by atoms with Gasteiger partial charge in [-0.05, 0) is 6.42 Å². The van der Waals surface area contributed by atoms with Crippen LogP contribution in [0.1, 0.15) is 33.6 Å². The largest absolute Gasteiger partial charge is 0.458 e. The molecule has 0 aliphatic heterocycles. The first kappa shape index (κ1) is 13.0. The quantitative estimate of drug-likeness (QED) is 0.762. The zero-order chi connectivity index (χ0) is 12.0. The SMILES string of the molecule is CCCC(CNC(C)C)Oc1ncn(C)n1. The van der Waals surface area contributed by atoms with Gasteiger partial charge in [-0.2, -0.15) is 4.98 Å². The molecule has 1 aromatic rings. The Morgan fingerprint density at radius 1 is 1.50 bits per heavy atom. The Morgan fingerprint density at radius 2 is 2.25 bits per heavy atom. The predicted octanol–water partition coefficient (Wildman–Crippen LogP) is 1.36. The molecule has 1 N–H and O–H groups in total. The van der Waals surface area contributed by atoms with E-state index in [4.69, 9.17) is 4.74 Å². The highest BCUT2D eigenvalue weighted by molar-refractivity contribution is 4.89. The van der Waals surface area contributed by atoms with E-state index in [1.165, 1.54) is 0 Å². The zero-order valence-electron chi connectivity index (χ0n) is 10.6. The lowest BCUT2D eigenvalue weighted by molar-refractivity contribution is 0.168. The van der Waals surface area contributed by atoms with E-state index < -0.39 is 0 Å². The second-order valence-electron chi connectivity index (χ2n) is 4.29. The van der Waals surface area contributed by atoms with Gasteiger partial charge in [-0.3, -0.25) is 4.68 Å². The molecule has 92 valence electrons. The van der Waals surface area contributed by atoms with Gasteiger partial charge >= 0.3 is 6.01 Å². The average Bonchev–Trinajstić information content (AvgIpc) is 2.61. The highest BCUT2D eigenvalue weighted by Gasteiger charge is 2.12. The van der Waals surface area contributed by atoms with Gasteiger partial charge in [-0.1, -0.05) is 27.2 Å². The van der Waals surface area contributed by atoms with Crippen LogP contribution in [-0.4, -0.2) is 33.5 Å². The summed E-state index contributed by atoms with van der Waals surface area (Å²) in [5, 5.41) is 7.49. The molecule has 0 saturated heterocycles. The van der Waals surface area contributed by atoms with Crippen molar-refractivity contribution in [3.8, 4) is 6.01 Å². The standard InChI is InChI=1S/C11H22N4O/c1-5-6-10(7-12-9(2)3)16-11-13-8-15(4)14-11/h8-10,12H,5-7H2,1-4H3. The maximum atomic E-state index is 5.72. The number of aromatic nitrogens is 3. The van der Waals surface area contributed by atoms with E-state index in [0.29, 0.717) is 12.1 Å². The molecule has 0 aromatic carbocycles. The second-order valence-corrected chi connectivity index (χ2v) is 4.29. The van der Waals surface area contributed by atoms with Gasteiger partial charge in [0.25, 0.3) is 0 Å². The fourth-order valence-corrected chi connectivity index (χ4v) is 1.41. The lowest BCUT2D eigenvalue weighted by Gasteiger charge is -2.18. The van der Waals surface area contributed by atoms with Crippen LogP contribution in [0.4, 0.5) is 0 Å². The smallest absolute Gasteiger partial charge is 0.335 e. The molecule has 16 heavy (non-hydrogen) atoms. The predicted molar refractivity (Wildman–Crippen MR) is 63.5 cm³/mol. The molecule has 1 unspecified atom stereocenters. The molecular formula is C11H22N4O. The molecule has 0 spiro atoms. The minimum Gasteiger partial charge on any atom is -0.458 e. The Morgan fingerprint density at radius 3 is 2.75 bits per heavy atom. The van der Waals surface area contributed by atoms with Gasteiger partial charge in [0.05, 0.1) is 0 Å². The minimum absolute atomic E-state index is 0.148. The first-order valence-corrected chi connectivity index (χ1v) is 5.87. The van der Waals surface area contributed by atoms with E-state index in [-0.39, 0.29) is 6.10 Å². The van der Waals surface area contributed by atoms with Crippen LogP contribution in [0.2, 0.25) is 0 Å². The average molecular weight is 226 g/mol. The molecule has 1 atom stereocenters. The third-order valence-corrected chi connectivity index (χ3v) is 2.22. The highest BCUT2D eigenvalue weighted by Crippen LogP contribution is 2.07. The number of aryl methyl sites for hydroxylation is 1. The second kappa shape index (κ2) is 6.48. The molecule has 1 rings (SSSR count). The summed E-state index contributed by atoms with van der Waals surface area (Å²) in [6.45, 7) is 7.24. The molecule has 5 heteroatoms. The molecule has 0 saturated carbocycles. The molecule has 0 fully saturated rings. The van der Waals surface area contributed by atoms with Gasteiger partial charge in [-0.15, -0.1) is 5.10 Å². The molecule has 5 nitrogen and oxygen atoms in total. The Labute approximate surface area is 97.2 Å². The van der Waals surface area contributed by atoms with Crippen molar-refractivity contribution in [3.63, 3.8) is 0 Å². The van der Waals surface area contributed by atoms with E-state index in [1.807, 2.05) is 7.05 Å². The van der Waals surface area contributed by atoms with Crippen LogP contribution >= 0.6 is 0 Å². The molecular weight excluding hydrogens is 204 g/mol. The van der Waals surface area contributed by atoms with Crippen LogP contribution in [0.15, 0.2) is 6.33 Å². The lowest BCUT2D eigenvalue weighted by Crippen LogP contribution is -2.35. The van der Waals surface area contributed by atoms with Crippen LogP contribution in [0, 0.1) is 0 Å². The van der Waals surface area contributed by atoms with Gasteiger partial charge in [0.1, 0.15) is 12.4 Å². The number of rotatable bonds is 7. The first-order valence-electron chi connectivity index (χ1n) is 5.87. The number of ether oxygens (including phenoxy) is 1. The van der Waals surface area contributed by atoms with Gasteiger partial charge in [-0.25, -0.2) is 0 Å². The Kier molecular flexibility index (Phi) is 5.25. The van der Waals surface area contributed by atoms with Crippen molar-refractivity contribution in [1.29, 1.82) is 0 Å². The van der Waals surface area contributed by atoms with E-state index in [2.05, 4.69) is 36.2 Å².